The lowest BCUT2D eigenvalue weighted by Gasteiger charge is -2.28. The molecule has 0 saturated heterocycles. The minimum absolute atomic E-state index is 0.0673. The van der Waals surface area contributed by atoms with Gasteiger partial charge >= 0.3 is 6.03 Å². The van der Waals surface area contributed by atoms with Gasteiger partial charge in [-0.25, -0.2) is 9.80 Å². The van der Waals surface area contributed by atoms with Gasteiger partial charge in [0.15, 0.2) is 5.78 Å². The number of carbonyl (C=O) groups excluding carboxylic acids is 3. The fourth-order valence-corrected chi connectivity index (χ4v) is 4.75. The summed E-state index contributed by atoms with van der Waals surface area (Å²) in [6.07, 6.45) is 5.36. The second kappa shape index (κ2) is 11.2. The van der Waals surface area contributed by atoms with Crippen LogP contribution in [0.4, 0.5) is 16.2 Å². The highest BCUT2D eigenvalue weighted by molar-refractivity contribution is 6.13. The van der Waals surface area contributed by atoms with Crippen molar-refractivity contribution < 1.29 is 14.4 Å². The van der Waals surface area contributed by atoms with Gasteiger partial charge in [0.2, 0.25) is 0 Å². The van der Waals surface area contributed by atoms with Gasteiger partial charge in [-0.2, -0.15) is 5.10 Å². The van der Waals surface area contributed by atoms with Crippen LogP contribution in [0, 0.1) is 18.3 Å². The van der Waals surface area contributed by atoms with E-state index in [2.05, 4.69) is 10.9 Å². The molecule has 196 valence electrons. The van der Waals surface area contributed by atoms with Gasteiger partial charge in [-0.1, -0.05) is 70.4 Å². The number of hydrogen-bond acceptors (Lipinski definition) is 5. The zero-order valence-corrected chi connectivity index (χ0v) is 22.2. The molecule has 1 aliphatic heterocycles. The smallest absolute Gasteiger partial charge is 0.299 e. The number of urea groups is 1. The van der Waals surface area contributed by atoms with Crippen LogP contribution in [-0.2, 0) is 9.59 Å². The molecule has 0 atom stereocenters. The van der Waals surface area contributed by atoms with Crippen LogP contribution in [0.1, 0.15) is 64.0 Å². The molecule has 2 aromatic carbocycles. The average Bonchev–Trinajstić information content (AvgIpc) is 2.98. The van der Waals surface area contributed by atoms with Gasteiger partial charge < -0.3 is 0 Å². The molecule has 1 fully saturated rings. The van der Waals surface area contributed by atoms with Crippen LogP contribution in [0.5, 0.6) is 0 Å². The number of para-hydroxylation sites is 1. The van der Waals surface area contributed by atoms with E-state index in [0.29, 0.717) is 5.69 Å². The van der Waals surface area contributed by atoms with Crippen LogP contribution >= 0.6 is 0 Å². The summed E-state index contributed by atoms with van der Waals surface area (Å²) in [4.78, 5) is 41.3. The lowest BCUT2D eigenvalue weighted by Crippen LogP contribution is -2.48. The Morgan fingerprint density at radius 2 is 1.73 bits per heavy atom. The minimum Gasteiger partial charge on any atom is -0.299 e. The van der Waals surface area contributed by atoms with Gasteiger partial charge in [0.25, 0.3) is 5.91 Å². The summed E-state index contributed by atoms with van der Waals surface area (Å²) in [5, 5.41) is 6.02. The Balaban J connectivity index is 1.65. The highest BCUT2D eigenvalue weighted by atomic mass is 16.2. The fourth-order valence-electron chi connectivity index (χ4n) is 4.75. The molecule has 0 aromatic heterocycles. The first-order valence-corrected chi connectivity index (χ1v) is 13.1. The number of Topliss-reactive ketones (excluding diaryl/α,β-unsaturated/α-hetero) is 1. The van der Waals surface area contributed by atoms with Crippen molar-refractivity contribution in [3.8, 4) is 0 Å². The first-order valence-electron chi connectivity index (χ1n) is 13.1. The van der Waals surface area contributed by atoms with Crippen molar-refractivity contribution >= 4 is 34.8 Å². The van der Waals surface area contributed by atoms with Crippen molar-refractivity contribution in [3.05, 3.63) is 59.7 Å². The summed E-state index contributed by atoms with van der Waals surface area (Å²) in [6, 6.07) is 14.8. The molecule has 1 saturated carbocycles. The predicted octanol–water partition coefficient (Wildman–Crippen LogP) is 5.28. The summed E-state index contributed by atoms with van der Waals surface area (Å²) in [5.41, 5.74) is 9.09. The molecule has 0 bridgehead atoms. The number of ketones is 1. The van der Waals surface area contributed by atoms with E-state index in [9.17, 15) is 14.4 Å². The quantitative estimate of drug-likeness (QED) is 0.503. The van der Waals surface area contributed by atoms with E-state index < -0.39 is 17.4 Å². The highest BCUT2D eigenvalue weighted by Crippen LogP contribution is 2.34. The number of benzene rings is 2. The maximum absolute atomic E-state index is 13.8. The molecule has 0 spiro atoms. The van der Waals surface area contributed by atoms with Crippen molar-refractivity contribution in [1.82, 2.24) is 10.4 Å². The molecule has 3 amide bonds. The van der Waals surface area contributed by atoms with Crippen LogP contribution in [0.2, 0.25) is 0 Å². The third-order valence-electron chi connectivity index (χ3n) is 6.94. The summed E-state index contributed by atoms with van der Waals surface area (Å²) < 4.78 is 0. The number of aryl methyl sites for hydroxylation is 1. The highest BCUT2D eigenvalue weighted by Gasteiger charge is 2.36. The Morgan fingerprint density at radius 3 is 2.43 bits per heavy atom. The Morgan fingerprint density at radius 1 is 1.00 bits per heavy atom. The maximum Gasteiger partial charge on any atom is 0.345 e. The van der Waals surface area contributed by atoms with Gasteiger partial charge in [-0.15, -0.1) is 0 Å². The second-order valence-electron chi connectivity index (χ2n) is 11.0. The third-order valence-corrected chi connectivity index (χ3v) is 6.94. The fraction of sp³-hybridized carbons (Fsp3) is 0.448. The number of rotatable bonds is 7. The number of anilines is 2. The summed E-state index contributed by atoms with van der Waals surface area (Å²) in [5.74, 6) is -0.283. The molecule has 0 radical (unpaired) electrons. The van der Waals surface area contributed by atoms with E-state index in [0.717, 1.165) is 48.2 Å². The Bertz CT molecular complexity index is 1190. The predicted molar refractivity (Wildman–Crippen MR) is 146 cm³/mol. The van der Waals surface area contributed by atoms with E-state index >= 15 is 0 Å². The van der Waals surface area contributed by atoms with Crippen molar-refractivity contribution in [3.63, 3.8) is 0 Å². The number of nitrogens with one attached hydrogen (secondary N) is 2. The number of hydrazine groups is 1. The molecular formula is C29H37N5O3. The average molecular weight is 504 g/mol. The van der Waals surface area contributed by atoms with Crippen molar-refractivity contribution in [2.45, 2.75) is 59.8 Å². The van der Waals surface area contributed by atoms with Crippen LogP contribution in [0.25, 0.3) is 0 Å². The van der Waals surface area contributed by atoms with Gasteiger partial charge in [0, 0.05) is 16.9 Å². The number of hydrogen-bond donors (Lipinski definition) is 2. The van der Waals surface area contributed by atoms with E-state index in [1.165, 1.54) is 16.3 Å². The SMILES string of the molecule is Cc1cccc(NNC(=O)CN2N=C(C3CCCCC3)c3ccccc3N(CC(=O)C(C)(C)C)C2=O)c1. The zero-order chi connectivity index (χ0) is 26.6. The van der Waals surface area contributed by atoms with Crippen molar-refractivity contribution in [1.29, 1.82) is 0 Å². The molecule has 4 rings (SSSR count). The summed E-state index contributed by atoms with van der Waals surface area (Å²) in [7, 11) is 0. The van der Waals surface area contributed by atoms with Crippen molar-refractivity contribution in [2.24, 2.45) is 16.4 Å². The molecule has 37 heavy (non-hydrogen) atoms. The standard InChI is InChI=1S/C29H37N5O3/c1-20-11-10-14-22(17-20)30-31-26(36)19-34-28(37)33(18-25(35)29(2,3)4)24-16-9-8-15-23(24)27(32-34)21-12-6-5-7-13-21/h8-11,14-17,21,30H,5-7,12-13,18-19H2,1-4H3,(H,31,36). The second-order valence-corrected chi connectivity index (χ2v) is 11.0. The summed E-state index contributed by atoms with van der Waals surface area (Å²) in [6.45, 7) is 7.13. The normalized spacial score (nSPS) is 16.5. The van der Waals surface area contributed by atoms with Gasteiger partial charge in [-0.05, 0) is 43.5 Å². The summed E-state index contributed by atoms with van der Waals surface area (Å²) >= 11 is 0. The first kappa shape index (κ1) is 26.4. The topological polar surface area (TPSA) is 94.1 Å². The van der Waals surface area contributed by atoms with Crippen LogP contribution in [-0.4, -0.2) is 41.5 Å². The van der Waals surface area contributed by atoms with Gasteiger partial charge in [-0.3, -0.25) is 25.3 Å². The van der Waals surface area contributed by atoms with E-state index in [-0.39, 0.29) is 24.8 Å². The van der Waals surface area contributed by atoms with Crippen LogP contribution in [0.15, 0.2) is 53.6 Å². The molecule has 1 heterocycles. The van der Waals surface area contributed by atoms with Gasteiger partial charge in [0.1, 0.15) is 6.54 Å². The number of hydrazone groups is 1. The molecule has 2 aromatic rings. The molecule has 2 aliphatic rings. The Hall–Kier alpha value is -3.68. The lowest BCUT2D eigenvalue weighted by molar-refractivity contribution is -0.124. The lowest BCUT2D eigenvalue weighted by atomic mass is 9.83. The number of carbonyl (C=O) groups is 3. The van der Waals surface area contributed by atoms with Gasteiger partial charge in [0.05, 0.1) is 23.6 Å². The molecule has 8 nitrogen and oxygen atoms in total. The van der Waals surface area contributed by atoms with Crippen LogP contribution in [0.3, 0.4) is 0 Å². The largest absolute Gasteiger partial charge is 0.345 e. The van der Waals surface area contributed by atoms with E-state index in [1.54, 1.807) is 0 Å². The zero-order valence-electron chi connectivity index (χ0n) is 22.2. The molecule has 8 heteroatoms. The van der Waals surface area contributed by atoms with E-state index in [1.807, 2.05) is 76.2 Å². The monoisotopic (exact) mass is 503 g/mol. The number of amides is 3. The first-order chi connectivity index (χ1) is 17.6. The third kappa shape index (κ3) is 6.37. The Kier molecular flexibility index (Phi) is 7.95. The molecule has 1 aliphatic carbocycles. The number of fused-ring (bicyclic) bond motifs is 1. The number of nitrogens with zero attached hydrogens (tertiary/aromatic N) is 3. The van der Waals surface area contributed by atoms with Crippen LogP contribution < -0.4 is 15.8 Å². The van der Waals surface area contributed by atoms with Crippen molar-refractivity contribution in [2.75, 3.05) is 23.4 Å². The minimum atomic E-state index is -0.617. The maximum atomic E-state index is 13.8. The molecule has 0 unspecified atom stereocenters. The van der Waals surface area contributed by atoms with E-state index in [4.69, 9.17) is 5.10 Å². The Labute approximate surface area is 219 Å². The molecule has 2 N–H and O–H groups in total. The molecular weight excluding hydrogens is 466 g/mol.